The van der Waals surface area contributed by atoms with E-state index in [1.807, 2.05) is 26.2 Å². The maximum atomic E-state index is 11.6. The molecule has 0 fully saturated rings. The number of carboxylic acid groups (broad SMARTS) is 1. The van der Waals surface area contributed by atoms with Crippen molar-refractivity contribution in [2.24, 2.45) is 0 Å². The Hall–Kier alpha value is -2.65. The molecular formula is C19H19N2O3S-. The normalized spacial score (nSPS) is 11.6. The third-order valence-electron chi connectivity index (χ3n) is 3.44. The van der Waals surface area contributed by atoms with E-state index in [-0.39, 0.29) is 6.10 Å². The van der Waals surface area contributed by atoms with Gasteiger partial charge in [0.25, 0.3) is 0 Å². The van der Waals surface area contributed by atoms with Gasteiger partial charge in [-0.1, -0.05) is 6.07 Å². The molecule has 0 aromatic heterocycles. The molecule has 0 radical (unpaired) electrons. The smallest absolute Gasteiger partial charge is 0.133 e. The number of hydrogen-bond donors (Lipinski definition) is 1. The van der Waals surface area contributed by atoms with E-state index in [9.17, 15) is 9.90 Å². The highest BCUT2D eigenvalue weighted by Gasteiger charge is 2.16. The number of carbonyl (C=O) groups is 1. The van der Waals surface area contributed by atoms with Crippen molar-refractivity contribution in [3.63, 3.8) is 0 Å². The van der Waals surface area contributed by atoms with E-state index in [0.29, 0.717) is 16.8 Å². The Bertz CT molecular complexity index is 782. The van der Waals surface area contributed by atoms with Crippen LogP contribution in [0.25, 0.3) is 0 Å². The standard InChI is InChI=1S/C19H20N2O3S/c1-12(2)24-16-9-6-14(10-17(16)25-3)18(19(22)23)21-15-7-4-13(11-20)5-8-15/h4-10,12,18,21H,1-3H3,(H,22,23)/p-1. The maximum absolute atomic E-state index is 11.6. The Kier molecular flexibility index (Phi) is 6.31. The van der Waals surface area contributed by atoms with Gasteiger partial charge in [-0.2, -0.15) is 5.26 Å². The molecule has 2 aromatic carbocycles. The lowest BCUT2D eigenvalue weighted by Gasteiger charge is -2.23. The molecule has 0 aliphatic heterocycles. The van der Waals surface area contributed by atoms with Gasteiger partial charge in [0.2, 0.25) is 0 Å². The maximum Gasteiger partial charge on any atom is 0.133 e. The van der Waals surface area contributed by atoms with Crippen LogP contribution in [0.1, 0.15) is 31.0 Å². The van der Waals surface area contributed by atoms with Crippen LogP contribution in [-0.2, 0) is 4.79 Å². The monoisotopic (exact) mass is 355 g/mol. The highest BCUT2D eigenvalue weighted by atomic mass is 32.2. The average molecular weight is 355 g/mol. The Morgan fingerprint density at radius 3 is 2.44 bits per heavy atom. The van der Waals surface area contributed by atoms with E-state index in [1.165, 1.54) is 11.8 Å². The van der Waals surface area contributed by atoms with Crippen LogP contribution in [0.5, 0.6) is 5.75 Å². The molecule has 0 aliphatic rings. The third kappa shape index (κ3) is 4.91. The van der Waals surface area contributed by atoms with Crippen molar-refractivity contribution in [3.05, 3.63) is 53.6 Å². The molecule has 2 rings (SSSR count). The number of carbonyl (C=O) groups excluding carboxylic acids is 1. The predicted molar refractivity (Wildman–Crippen MR) is 96.5 cm³/mol. The average Bonchev–Trinajstić information content (AvgIpc) is 2.60. The number of anilines is 1. The summed E-state index contributed by atoms with van der Waals surface area (Å²) in [5, 5.41) is 23.4. The minimum atomic E-state index is -1.23. The van der Waals surface area contributed by atoms with Gasteiger partial charge in [-0.05, 0) is 62.1 Å². The number of thioether (sulfide) groups is 1. The van der Waals surface area contributed by atoms with Gasteiger partial charge in [-0.15, -0.1) is 11.8 Å². The molecule has 0 saturated carbocycles. The first-order valence-corrected chi connectivity index (χ1v) is 8.99. The van der Waals surface area contributed by atoms with Crippen LogP contribution in [0.4, 0.5) is 5.69 Å². The van der Waals surface area contributed by atoms with Crippen LogP contribution in [0.2, 0.25) is 0 Å². The molecule has 5 nitrogen and oxygen atoms in total. The van der Waals surface area contributed by atoms with Crippen LogP contribution < -0.4 is 15.2 Å². The fourth-order valence-corrected chi connectivity index (χ4v) is 2.87. The highest BCUT2D eigenvalue weighted by Crippen LogP contribution is 2.32. The van der Waals surface area contributed by atoms with Gasteiger partial charge in [0.1, 0.15) is 5.75 Å². The van der Waals surface area contributed by atoms with E-state index >= 15 is 0 Å². The van der Waals surface area contributed by atoms with Crippen molar-refractivity contribution >= 4 is 23.4 Å². The van der Waals surface area contributed by atoms with E-state index in [1.54, 1.807) is 42.5 Å². The number of rotatable bonds is 7. The minimum Gasteiger partial charge on any atom is -0.548 e. The second kappa shape index (κ2) is 8.45. The van der Waals surface area contributed by atoms with E-state index in [2.05, 4.69) is 5.32 Å². The number of benzene rings is 2. The molecule has 0 amide bonds. The Morgan fingerprint density at radius 1 is 1.24 bits per heavy atom. The van der Waals surface area contributed by atoms with Crippen LogP contribution in [0.3, 0.4) is 0 Å². The molecule has 0 aliphatic carbocycles. The summed E-state index contributed by atoms with van der Waals surface area (Å²) in [5.41, 5.74) is 1.68. The van der Waals surface area contributed by atoms with E-state index < -0.39 is 12.0 Å². The van der Waals surface area contributed by atoms with Crippen molar-refractivity contribution < 1.29 is 14.6 Å². The molecule has 1 unspecified atom stereocenters. The number of ether oxygens (including phenoxy) is 1. The molecule has 0 heterocycles. The Balaban J connectivity index is 2.30. The molecule has 0 spiro atoms. The van der Waals surface area contributed by atoms with Crippen LogP contribution in [-0.4, -0.2) is 18.3 Å². The quantitative estimate of drug-likeness (QED) is 0.769. The zero-order valence-corrected chi connectivity index (χ0v) is 15.1. The van der Waals surface area contributed by atoms with Crippen LogP contribution in [0, 0.1) is 11.3 Å². The molecule has 2 aromatic rings. The third-order valence-corrected chi connectivity index (χ3v) is 4.20. The summed E-state index contributed by atoms with van der Waals surface area (Å²) in [6, 6.07) is 12.9. The molecule has 130 valence electrons. The second-order valence-electron chi connectivity index (χ2n) is 5.66. The lowest BCUT2D eigenvalue weighted by molar-refractivity contribution is -0.307. The summed E-state index contributed by atoms with van der Waals surface area (Å²) in [5.74, 6) is -0.504. The fourth-order valence-electron chi connectivity index (χ4n) is 2.30. The number of carboxylic acids is 1. The molecular weight excluding hydrogens is 336 g/mol. The highest BCUT2D eigenvalue weighted by molar-refractivity contribution is 7.98. The first-order valence-electron chi connectivity index (χ1n) is 7.76. The van der Waals surface area contributed by atoms with Crippen molar-refractivity contribution in [2.45, 2.75) is 30.9 Å². The number of aliphatic carboxylic acids is 1. The number of nitrogens with zero attached hydrogens (tertiary/aromatic N) is 1. The largest absolute Gasteiger partial charge is 0.548 e. The van der Waals surface area contributed by atoms with Gasteiger partial charge in [0.15, 0.2) is 0 Å². The first kappa shape index (κ1) is 18.7. The van der Waals surface area contributed by atoms with Gasteiger partial charge in [0.05, 0.1) is 29.7 Å². The Labute approximate surface area is 151 Å². The molecule has 1 atom stereocenters. The lowest BCUT2D eigenvalue weighted by atomic mass is 10.1. The zero-order valence-electron chi connectivity index (χ0n) is 14.3. The van der Waals surface area contributed by atoms with Gasteiger partial charge in [0, 0.05) is 10.6 Å². The van der Waals surface area contributed by atoms with Gasteiger partial charge in [-0.3, -0.25) is 0 Å². The summed E-state index contributed by atoms with van der Waals surface area (Å²) in [6.07, 6.45) is 1.94. The summed E-state index contributed by atoms with van der Waals surface area (Å²) in [4.78, 5) is 12.5. The number of nitriles is 1. The second-order valence-corrected chi connectivity index (χ2v) is 6.51. The SMILES string of the molecule is CSc1cc(C(Nc2ccc(C#N)cc2)C(=O)[O-])ccc1OC(C)C. The molecule has 0 bridgehead atoms. The summed E-state index contributed by atoms with van der Waals surface area (Å²) >= 11 is 1.49. The van der Waals surface area contributed by atoms with Crippen molar-refractivity contribution in [3.8, 4) is 11.8 Å². The fraction of sp³-hybridized carbons (Fsp3) is 0.263. The van der Waals surface area contributed by atoms with Crippen LogP contribution >= 0.6 is 11.8 Å². The molecule has 25 heavy (non-hydrogen) atoms. The topological polar surface area (TPSA) is 85.2 Å². The molecule has 6 heteroatoms. The summed E-state index contributed by atoms with van der Waals surface area (Å²) < 4.78 is 5.74. The summed E-state index contributed by atoms with van der Waals surface area (Å²) in [6.45, 7) is 3.88. The summed E-state index contributed by atoms with van der Waals surface area (Å²) in [7, 11) is 0. The molecule has 0 saturated heterocycles. The van der Waals surface area contributed by atoms with Gasteiger partial charge >= 0.3 is 0 Å². The molecule has 1 N–H and O–H groups in total. The lowest BCUT2D eigenvalue weighted by Crippen LogP contribution is -2.34. The van der Waals surface area contributed by atoms with Crippen molar-refractivity contribution in [1.82, 2.24) is 0 Å². The first-order chi connectivity index (χ1) is 11.9. The number of nitrogens with one attached hydrogen (secondary N) is 1. The van der Waals surface area contributed by atoms with Crippen molar-refractivity contribution in [2.75, 3.05) is 11.6 Å². The predicted octanol–water partition coefficient (Wildman–Crippen LogP) is 2.97. The number of hydrogen-bond acceptors (Lipinski definition) is 6. The van der Waals surface area contributed by atoms with Crippen molar-refractivity contribution in [1.29, 1.82) is 5.26 Å². The van der Waals surface area contributed by atoms with Crippen LogP contribution in [0.15, 0.2) is 47.4 Å². The minimum absolute atomic E-state index is 0.0328. The van der Waals surface area contributed by atoms with Gasteiger partial charge in [-0.25, -0.2) is 0 Å². The van der Waals surface area contributed by atoms with Gasteiger partial charge < -0.3 is 20.0 Å². The van der Waals surface area contributed by atoms with E-state index in [4.69, 9.17) is 10.00 Å². The zero-order chi connectivity index (χ0) is 18.4. The van der Waals surface area contributed by atoms with E-state index in [0.717, 1.165) is 10.6 Å². The Morgan fingerprint density at radius 2 is 1.92 bits per heavy atom.